The monoisotopic (exact) mass is 271 g/mol. The number of nitrogens with one attached hydrogen (secondary N) is 1. The highest BCUT2D eigenvalue weighted by Crippen LogP contribution is 2.20. The SMILES string of the molecule is FC(F)(F)CNCCc1cc(Cl)ccc1Cl. The molecule has 0 heterocycles. The van der Waals surface area contributed by atoms with Gasteiger partial charge in [0.25, 0.3) is 0 Å². The number of hydrogen-bond donors (Lipinski definition) is 1. The van der Waals surface area contributed by atoms with Gasteiger partial charge in [0.1, 0.15) is 0 Å². The zero-order chi connectivity index (χ0) is 12.2. The maximum atomic E-state index is 11.8. The quantitative estimate of drug-likeness (QED) is 0.824. The second-order valence-electron chi connectivity index (χ2n) is 3.28. The Morgan fingerprint density at radius 2 is 1.88 bits per heavy atom. The highest BCUT2D eigenvalue weighted by Gasteiger charge is 2.25. The molecule has 0 spiro atoms. The highest BCUT2D eigenvalue weighted by atomic mass is 35.5. The van der Waals surface area contributed by atoms with Crippen LogP contribution < -0.4 is 5.32 Å². The third-order valence-corrected chi connectivity index (χ3v) is 2.51. The molecular weight excluding hydrogens is 262 g/mol. The van der Waals surface area contributed by atoms with E-state index < -0.39 is 12.7 Å². The van der Waals surface area contributed by atoms with Gasteiger partial charge in [0, 0.05) is 10.0 Å². The molecule has 90 valence electrons. The summed E-state index contributed by atoms with van der Waals surface area (Å²) in [5.74, 6) is 0. The van der Waals surface area contributed by atoms with Gasteiger partial charge in [0.05, 0.1) is 6.54 Å². The molecule has 0 saturated carbocycles. The molecule has 0 atom stereocenters. The van der Waals surface area contributed by atoms with Crippen LogP contribution in [0.15, 0.2) is 18.2 Å². The van der Waals surface area contributed by atoms with Crippen LogP contribution in [-0.2, 0) is 6.42 Å². The minimum Gasteiger partial charge on any atom is -0.308 e. The van der Waals surface area contributed by atoms with Crippen LogP contribution in [0.1, 0.15) is 5.56 Å². The maximum Gasteiger partial charge on any atom is 0.401 e. The molecule has 0 aromatic heterocycles. The Morgan fingerprint density at radius 1 is 1.19 bits per heavy atom. The number of hydrogen-bond acceptors (Lipinski definition) is 1. The molecule has 1 N–H and O–H groups in total. The molecule has 0 bridgehead atoms. The molecule has 0 aliphatic heterocycles. The molecule has 1 nitrogen and oxygen atoms in total. The van der Waals surface area contributed by atoms with Crippen molar-refractivity contribution in [2.45, 2.75) is 12.6 Å². The van der Waals surface area contributed by atoms with Crippen molar-refractivity contribution >= 4 is 23.2 Å². The van der Waals surface area contributed by atoms with Gasteiger partial charge in [-0.15, -0.1) is 0 Å². The van der Waals surface area contributed by atoms with E-state index in [1.807, 2.05) is 0 Å². The van der Waals surface area contributed by atoms with Crippen LogP contribution in [-0.4, -0.2) is 19.3 Å². The Kier molecular flexibility index (Phi) is 4.89. The highest BCUT2D eigenvalue weighted by molar-refractivity contribution is 6.33. The third kappa shape index (κ3) is 5.05. The van der Waals surface area contributed by atoms with E-state index in [9.17, 15) is 13.2 Å². The van der Waals surface area contributed by atoms with Gasteiger partial charge in [-0.25, -0.2) is 0 Å². The Bertz CT molecular complexity index is 352. The van der Waals surface area contributed by atoms with Gasteiger partial charge in [-0.05, 0) is 36.7 Å². The summed E-state index contributed by atoms with van der Waals surface area (Å²) in [7, 11) is 0. The Hall–Kier alpha value is -0.450. The molecule has 0 aliphatic rings. The van der Waals surface area contributed by atoms with E-state index in [-0.39, 0.29) is 6.54 Å². The number of alkyl halides is 3. The number of halogens is 5. The van der Waals surface area contributed by atoms with Gasteiger partial charge in [-0.2, -0.15) is 13.2 Å². The maximum absolute atomic E-state index is 11.8. The van der Waals surface area contributed by atoms with Crippen molar-refractivity contribution in [3.05, 3.63) is 33.8 Å². The molecular formula is C10H10Cl2F3N. The molecule has 1 aromatic carbocycles. The van der Waals surface area contributed by atoms with Crippen molar-refractivity contribution in [3.8, 4) is 0 Å². The Labute approximate surface area is 102 Å². The average Bonchev–Trinajstić information content (AvgIpc) is 2.16. The van der Waals surface area contributed by atoms with E-state index in [2.05, 4.69) is 5.32 Å². The van der Waals surface area contributed by atoms with Gasteiger partial charge in [-0.1, -0.05) is 23.2 Å². The Morgan fingerprint density at radius 3 is 2.50 bits per heavy atom. The van der Waals surface area contributed by atoms with Crippen LogP contribution in [0.4, 0.5) is 13.2 Å². The first-order chi connectivity index (χ1) is 7.38. The fraction of sp³-hybridized carbons (Fsp3) is 0.400. The molecule has 16 heavy (non-hydrogen) atoms. The van der Waals surface area contributed by atoms with Crippen LogP contribution in [0.5, 0.6) is 0 Å². The first-order valence-electron chi connectivity index (χ1n) is 4.60. The van der Waals surface area contributed by atoms with Crippen LogP contribution in [0.2, 0.25) is 10.0 Å². The van der Waals surface area contributed by atoms with Crippen molar-refractivity contribution < 1.29 is 13.2 Å². The van der Waals surface area contributed by atoms with Crippen molar-refractivity contribution in [2.24, 2.45) is 0 Å². The summed E-state index contributed by atoms with van der Waals surface area (Å²) in [4.78, 5) is 0. The first-order valence-corrected chi connectivity index (χ1v) is 5.35. The van der Waals surface area contributed by atoms with Crippen LogP contribution >= 0.6 is 23.2 Å². The normalized spacial score (nSPS) is 11.8. The van der Waals surface area contributed by atoms with Gasteiger partial charge in [0.15, 0.2) is 0 Å². The lowest BCUT2D eigenvalue weighted by molar-refractivity contribution is -0.124. The minimum absolute atomic E-state index is 0.208. The lowest BCUT2D eigenvalue weighted by Crippen LogP contribution is -2.30. The molecule has 0 radical (unpaired) electrons. The van der Waals surface area contributed by atoms with Gasteiger partial charge in [-0.3, -0.25) is 0 Å². The van der Waals surface area contributed by atoms with Crippen molar-refractivity contribution in [1.29, 1.82) is 0 Å². The van der Waals surface area contributed by atoms with Crippen LogP contribution in [0, 0.1) is 0 Å². The molecule has 0 fully saturated rings. The van der Waals surface area contributed by atoms with E-state index in [0.717, 1.165) is 5.56 Å². The molecule has 1 aromatic rings. The second-order valence-corrected chi connectivity index (χ2v) is 4.12. The van der Waals surface area contributed by atoms with Gasteiger partial charge < -0.3 is 5.32 Å². The lowest BCUT2D eigenvalue weighted by Gasteiger charge is -2.09. The summed E-state index contributed by atoms with van der Waals surface area (Å²) in [5, 5.41) is 3.33. The largest absolute Gasteiger partial charge is 0.401 e. The summed E-state index contributed by atoms with van der Waals surface area (Å²) in [6, 6.07) is 4.92. The van der Waals surface area contributed by atoms with Crippen molar-refractivity contribution in [2.75, 3.05) is 13.1 Å². The summed E-state index contributed by atoms with van der Waals surface area (Å²) in [6.07, 6.45) is -3.77. The van der Waals surface area contributed by atoms with Crippen LogP contribution in [0.25, 0.3) is 0 Å². The molecule has 0 saturated heterocycles. The first kappa shape index (κ1) is 13.6. The van der Waals surface area contributed by atoms with Gasteiger partial charge >= 0.3 is 6.18 Å². The molecule has 1 rings (SSSR count). The molecule has 0 aliphatic carbocycles. The summed E-state index contributed by atoms with van der Waals surface area (Å²) < 4.78 is 35.4. The fourth-order valence-electron chi connectivity index (χ4n) is 1.19. The Balaban J connectivity index is 2.40. The molecule has 0 unspecified atom stereocenters. The predicted molar refractivity (Wildman–Crippen MR) is 59.1 cm³/mol. The zero-order valence-electron chi connectivity index (χ0n) is 8.24. The van der Waals surface area contributed by atoms with Gasteiger partial charge in [0.2, 0.25) is 0 Å². The van der Waals surface area contributed by atoms with Crippen molar-refractivity contribution in [3.63, 3.8) is 0 Å². The summed E-state index contributed by atoms with van der Waals surface area (Å²) >= 11 is 11.6. The van der Waals surface area contributed by atoms with E-state index in [1.54, 1.807) is 18.2 Å². The summed E-state index contributed by atoms with van der Waals surface area (Å²) in [6.45, 7) is -0.787. The van der Waals surface area contributed by atoms with E-state index in [1.165, 1.54) is 0 Å². The van der Waals surface area contributed by atoms with E-state index >= 15 is 0 Å². The van der Waals surface area contributed by atoms with E-state index in [4.69, 9.17) is 23.2 Å². The lowest BCUT2D eigenvalue weighted by atomic mass is 10.1. The smallest absolute Gasteiger partial charge is 0.308 e. The second kappa shape index (κ2) is 5.75. The predicted octanol–water partition coefficient (Wildman–Crippen LogP) is 3.69. The van der Waals surface area contributed by atoms with Crippen LogP contribution in [0.3, 0.4) is 0 Å². The minimum atomic E-state index is -4.18. The molecule has 6 heteroatoms. The summed E-state index contributed by atoms with van der Waals surface area (Å²) in [5.41, 5.74) is 0.740. The fourth-order valence-corrected chi connectivity index (χ4v) is 1.59. The third-order valence-electron chi connectivity index (χ3n) is 1.90. The molecule has 0 amide bonds. The number of rotatable bonds is 4. The average molecular weight is 272 g/mol. The van der Waals surface area contributed by atoms with Crippen molar-refractivity contribution in [1.82, 2.24) is 5.32 Å². The zero-order valence-corrected chi connectivity index (χ0v) is 9.76. The standard InChI is InChI=1S/C10H10Cl2F3N/c11-8-1-2-9(12)7(5-8)3-4-16-6-10(13,14)15/h1-2,5,16H,3-4,6H2. The van der Waals surface area contributed by atoms with E-state index in [0.29, 0.717) is 16.5 Å². The topological polar surface area (TPSA) is 12.0 Å². The number of benzene rings is 1.